The number of nitrogens with zero attached hydrogens (tertiary/aromatic N) is 1. The zero-order valence-corrected chi connectivity index (χ0v) is 11.5. The van der Waals surface area contributed by atoms with Crippen LogP contribution in [0.15, 0.2) is 23.0 Å². The Kier molecular flexibility index (Phi) is 4.94. The molecule has 3 amide bonds. The molecule has 1 aliphatic heterocycles. The number of hydrogen-bond acceptors (Lipinski definition) is 5. The van der Waals surface area contributed by atoms with Crippen molar-refractivity contribution in [3.63, 3.8) is 0 Å². The van der Waals surface area contributed by atoms with Crippen LogP contribution in [0.3, 0.4) is 0 Å². The molecule has 1 saturated heterocycles. The monoisotopic (exact) mass is 294 g/mol. The highest BCUT2D eigenvalue weighted by atomic mass is 16.3. The summed E-state index contributed by atoms with van der Waals surface area (Å²) in [6.07, 6.45) is 3.15. The van der Waals surface area contributed by atoms with Crippen molar-refractivity contribution < 1.29 is 18.8 Å². The van der Waals surface area contributed by atoms with Gasteiger partial charge in [0.1, 0.15) is 0 Å². The molecule has 2 rings (SSSR count). The molecule has 0 spiro atoms. The minimum atomic E-state index is -0.619. The molecule has 21 heavy (non-hydrogen) atoms. The highest BCUT2D eigenvalue weighted by Gasteiger charge is 2.31. The topological polar surface area (TPSA) is 118 Å². The number of rotatable bonds is 6. The lowest BCUT2D eigenvalue weighted by Gasteiger charge is -2.34. The molecule has 1 atom stereocenters. The smallest absolute Gasteiger partial charge is 0.237 e. The van der Waals surface area contributed by atoms with Gasteiger partial charge in [0.15, 0.2) is 0 Å². The van der Waals surface area contributed by atoms with E-state index in [-0.39, 0.29) is 24.8 Å². The molecular weight excluding hydrogens is 276 g/mol. The van der Waals surface area contributed by atoms with Gasteiger partial charge in [0.05, 0.1) is 31.5 Å². The van der Waals surface area contributed by atoms with Crippen LogP contribution in [-0.4, -0.2) is 48.3 Å². The lowest BCUT2D eigenvalue weighted by Crippen LogP contribution is -2.56. The summed E-state index contributed by atoms with van der Waals surface area (Å²) in [5, 5.41) is 5.13. The van der Waals surface area contributed by atoms with Crippen LogP contribution in [0, 0.1) is 0 Å². The number of furan rings is 1. The summed E-state index contributed by atoms with van der Waals surface area (Å²) in [6, 6.07) is 1.25. The predicted octanol–water partition coefficient (Wildman–Crippen LogP) is -1.43. The van der Waals surface area contributed by atoms with E-state index in [4.69, 9.17) is 10.2 Å². The lowest BCUT2D eigenvalue weighted by atomic mass is 10.1. The van der Waals surface area contributed by atoms with Gasteiger partial charge in [-0.15, -0.1) is 0 Å². The van der Waals surface area contributed by atoms with Gasteiger partial charge >= 0.3 is 0 Å². The Balaban J connectivity index is 1.96. The first-order valence-corrected chi connectivity index (χ1v) is 6.64. The van der Waals surface area contributed by atoms with Gasteiger partial charge in [0.2, 0.25) is 17.7 Å². The van der Waals surface area contributed by atoms with Gasteiger partial charge in [-0.2, -0.15) is 0 Å². The zero-order valence-electron chi connectivity index (χ0n) is 11.5. The predicted molar refractivity (Wildman–Crippen MR) is 72.7 cm³/mol. The van der Waals surface area contributed by atoms with Crippen LogP contribution in [-0.2, 0) is 20.9 Å². The maximum Gasteiger partial charge on any atom is 0.237 e. The quantitative estimate of drug-likeness (QED) is 0.594. The first kappa shape index (κ1) is 15.0. The Morgan fingerprint density at radius 3 is 3.00 bits per heavy atom. The summed E-state index contributed by atoms with van der Waals surface area (Å²) < 4.78 is 5.01. The average Bonchev–Trinajstić information content (AvgIpc) is 2.93. The molecule has 1 unspecified atom stereocenters. The normalized spacial score (nSPS) is 19.0. The molecule has 0 aromatic carbocycles. The minimum absolute atomic E-state index is 0.0169. The van der Waals surface area contributed by atoms with Crippen LogP contribution in [0.5, 0.6) is 0 Å². The van der Waals surface area contributed by atoms with Crippen molar-refractivity contribution in [1.82, 2.24) is 15.5 Å². The van der Waals surface area contributed by atoms with Gasteiger partial charge < -0.3 is 20.8 Å². The molecular formula is C13H18N4O4. The van der Waals surface area contributed by atoms with E-state index in [0.29, 0.717) is 19.6 Å². The van der Waals surface area contributed by atoms with E-state index < -0.39 is 11.9 Å². The third-order valence-electron chi connectivity index (χ3n) is 3.25. The van der Waals surface area contributed by atoms with Gasteiger partial charge in [-0.1, -0.05) is 0 Å². The Morgan fingerprint density at radius 2 is 2.33 bits per heavy atom. The van der Waals surface area contributed by atoms with Crippen molar-refractivity contribution >= 4 is 17.7 Å². The third kappa shape index (κ3) is 4.32. The maximum absolute atomic E-state index is 12.0. The number of nitrogens with two attached hydrogens (primary N) is 1. The summed E-state index contributed by atoms with van der Waals surface area (Å²) in [6.45, 7) is 1.48. The summed E-state index contributed by atoms with van der Waals surface area (Å²) in [5.74, 6) is -1.20. The molecule has 0 radical (unpaired) electrons. The standard InChI is InChI=1S/C13H18N4O4/c14-11(18)6-16-12(19)5-10-13(20)15-2-3-17(10)7-9-1-4-21-8-9/h1,4,8,10H,2-3,5-7H2,(H2,14,18)(H,15,20)(H,16,19). The van der Waals surface area contributed by atoms with Gasteiger partial charge in [-0.25, -0.2) is 0 Å². The summed E-state index contributed by atoms with van der Waals surface area (Å²) in [5.41, 5.74) is 5.90. The Bertz CT molecular complexity index is 514. The zero-order chi connectivity index (χ0) is 15.2. The molecule has 0 aliphatic carbocycles. The first-order chi connectivity index (χ1) is 10.1. The number of primary amides is 1. The number of piperazine rings is 1. The van der Waals surface area contributed by atoms with E-state index in [1.54, 1.807) is 12.5 Å². The molecule has 0 saturated carbocycles. The third-order valence-corrected chi connectivity index (χ3v) is 3.25. The number of carbonyl (C=O) groups is 3. The summed E-state index contributed by atoms with van der Waals surface area (Å²) in [7, 11) is 0. The lowest BCUT2D eigenvalue weighted by molar-refractivity contribution is -0.134. The van der Waals surface area contributed by atoms with E-state index in [1.807, 2.05) is 11.0 Å². The maximum atomic E-state index is 12.0. The second-order valence-corrected chi connectivity index (χ2v) is 4.86. The number of nitrogens with one attached hydrogen (secondary N) is 2. The Labute approximate surface area is 121 Å². The molecule has 114 valence electrons. The molecule has 4 N–H and O–H groups in total. The van der Waals surface area contributed by atoms with E-state index in [1.165, 1.54) is 0 Å². The fourth-order valence-corrected chi connectivity index (χ4v) is 2.22. The van der Waals surface area contributed by atoms with E-state index in [0.717, 1.165) is 5.56 Å². The van der Waals surface area contributed by atoms with Crippen LogP contribution >= 0.6 is 0 Å². The van der Waals surface area contributed by atoms with Crippen LogP contribution in [0.2, 0.25) is 0 Å². The SMILES string of the molecule is NC(=O)CNC(=O)CC1C(=O)NCCN1Cc1ccoc1. The largest absolute Gasteiger partial charge is 0.472 e. The second kappa shape index (κ2) is 6.89. The van der Waals surface area contributed by atoms with Crippen molar-refractivity contribution in [3.8, 4) is 0 Å². The summed E-state index contributed by atoms with van der Waals surface area (Å²) >= 11 is 0. The van der Waals surface area contributed by atoms with Gasteiger partial charge in [-0.05, 0) is 6.07 Å². The van der Waals surface area contributed by atoms with Crippen molar-refractivity contribution in [1.29, 1.82) is 0 Å². The Morgan fingerprint density at radius 1 is 1.52 bits per heavy atom. The highest BCUT2D eigenvalue weighted by molar-refractivity contribution is 5.90. The molecule has 1 aliphatic rings. The van der Waals surface area contributed by atoms with Crippen LogP contribution in [0.1, 0.15) is 12.0 Å². The van der Waals surface area contributed by atoms with E-state index >= 15 is 0 Å². The number of amides is 3. The van der Waals surface area contributed by atoms with E-state index in [9.17, 15) is 14.4 Å². The molecule has 1 aromatic rings. The number of hydrogen-bond donors (Lipinski definition) is 3. The number of carbonyl (C=O) groups excluding carboxylic acids is 3. The first-order valence-electron chi connectivity index (χ1n) is 6.64. The molecule has 8 nitrogen and oxygen atoms in total. The van der Waals surface area contributed by atoms with Gasteiger partial charge in [0.25, 0.3) is 0 Å². The van der Waals surface area contributed by atoms with Crippen molar-refractivity contribution in [3.05, 3.63) is 24.2 Å². The fourth-order valence-electron chi connectivity index (χ4n) is 2.22. The Hall–Kier alpha value is -2.35. The van der Waals surface area contributed by atoms with Crippen LogP contribution in [0.25, 0.3) is 0 Å². The molecule has 2 heterocycles. The van der Waals surface area contributed by atoms with Crippen LogP contribution < -0.4 is 16.4 Å². The average molecular weight is 294 g/mol. The van der Waals surface area contributed by atoms with Crippen molar-refractivity contribution in [2.75, 3.05) is 19.6 Å². The highest BCUT2D eigenvalue weighted by Crippen LogP contribution is 2.14. The molecule has 1 aromatic heterocycles. The summed E-state index contributed by atoms with van der Waals surface area (Å²) in [4.78, 5) is 36.3. The molecule has 1 fully saturated rings. The van der Waals surface area contributed by atoms with Crippen molar-refractivity contribution in [2.24, 2.45) is 5.73 Å². The minimum Gasteiger partial charge on any atom is -0.472 e. The van der Waals surface area contributed by atoms with E-state index in [2.05, 4.69) is 10.6 Å². The molecule has 8 heteroatoms. The second-order valence-electron chi connectivity index (χ2n) is 4.86. The van der Waals surface area contributed by atoms with Gasteiger partial charge in [0, 0.05) is 25.2 Å². The van der Waals surface area contributed by atoms with Gasteiger partial charge in [-0.3, -0.25) is 19.3 Å². The molecule has 0 bridgehead atoms. The fraction of sp³-hybridized carbons (Fsp3) is 0.462. The van der Waals surface area contributed by atoms with Crippen LogP contribution in [0.4, 0.5) is 0 Å². The van der Waals surface area contributed by atoms with Crippen molar-refractivity contribution in [2.45, 2.75) is 19.0 Å².